The van der Waals surface area contributed by atoms with Crippen LogP contribution >= 0.6 is 11.3 Å². The Balaban J connectivity index is 1.90. The Labute approximate surface area is 122 Å². The zero-order valence-electron chi connectivity index (χ0n) is 11.7. The van der Waals surface area contributed by atoms with Gasteiger partial charge in [0.15, 0.2) is 0 Å². The lowest BCUT2D eigenvalue weighted by Gasteiger charge is -2.14. The lowest BCUT2D eigenvalue weighted by atomic mass is 10.1. The Kier molecular flexibility index (Phi) is 5.26. The SMILES string of the molecule is CCc1ccc(CNC(C)Cc2c(F)cccc2F)s1. The largest absolute Gasteiger partial charge is 0.309 e. The van der Waals surface area contributed by atoms with Crippen LogP contribution in [-0.4, -0.2) is 6.04 Å². The van der Waals surface area contributed by atoms with Crippen LogP contribution < -0.4 is 5.32 Å². The topological polar surface area (TPSA) is 12.0 Å². The highest BCUT2D eigenvalue weighted by Gasteiger charge is 2.12. The maximum atomic E-state index is 13.6. The number of thiophene rings is 1. The summed E-state index contributed by atoms with van der Waals surface area (Å²) in [6.07, 6.45) is 1.39. The number of benzene rings is 1. The molecule has 1 nitrogen and oxygen atoms in total. The molecule has 0 spiro atoms. The first-order chi connectivity index (χ1) is 9.60. The minimum atomic E-state index is -0.469. The van der Waals surface area contributed by atoms with E-state index in [1.54, 1.807) is 11.3 Å². The summed E-state index contributed by atoms with van der Waals surface area (Å²) in [7, 11) is 0. The molecule has 20 heavy (non-hydrogen) atoms. The molecule has 0 bridgehead atoms. The number of hydrogen-bond donors (Lipinski definition) is 1. The first-order valence-corrected chi connectivity index (χ1v) is 7.65. The molecule has 0 aliphatic rings. The first-order valence-electron chi connectivity index (χ1n) is 6.84. The number of halogens is 2. The van der Waals surface area contributed by atoms with E-state index < -0.39 is 11.6 Å². The zero-order valence-corrected chi connectivity index (χ0v) is 12.6. The van der Waals surface area contributed by atoms with Crippen LogP contribution in [0.15, 0.2) is 30.3 Å². The van der Waals surface area contributed by atoms with Gasteiger partial charge in [-0.15, -0.1) is 11.3 Å². The van der Waals surface area contributed by atoms with Crippen LogP contribution in [0.2, 0.25) is 0 Å². The Morgan fingerprint density at radius 1 is 1.10 bits per heavy atom. The molecule has 1 N–H and O–H groups in total. The predicted octanol–water partition coefficient (Wildman–Crippen LogP) is 4.31. The second-order valence-corrected chi connectivity index (χ2v) is 6.16. The first kappa shape index (κ1) is 15.1. The van der Waals surface area contributed by atoms with Gasteiger partial charge in [0.05, 0.1) is 0 Å². The molecule has 1 atom stereocenters. The second kappa shape index (κ2) is 6.95. The summed E-state index contributed by atoms with van der Waals surface area (Å²) in [5.74, 6) is -0.939. The quantitative estimate of drug-likeness (QED) is 0.837. The fourth-order valence-corrected chi connectivity index (χ4v) is 3.00. The molecule has 1 unspecified atom stereocenters. The van der Waals surface area contributed by atoms with E-state index in [2.05, 4.69) is 24.4 Å². The molecule has 0 saturated heterocycles. The van der Waals surface area contributed by atoms with Crippen molar-refractivity contribution in [2.24, 2.45) is 0 Å². The summed E-state index contributed by atoms with van der Waals surface area (Å²) in [4.78, 5) is 2.61. The van der Waals surface area contributed by atoms with Gasteiger partial charge in [-0.1, -0.05) is 13.0 Å². The van der Waals surface area contributed by atoms with Gasteiger partial charge in [0, 0.05) is 27.9 Å². The average molecular weight is 295 g/mol. The van der Waals surface area contributed by atoms with Crippen LogP contribution in [0.25, 0.3) is 0 Å². The van der Waals surface area contributed by atoms with Gasteiger partial charge in [-0.3, -0.25) is 0 Å². The molecule has 1 heterocycles. The molecule has 2 rings (SSSR count). The summed E-state index contributed by atoms with van der Waals surface area (Å²) in [5.41, 5.74) is 0.160. The maximum Gasteiger partial charge on any atom is 0.129 e. The third-order valence-electron chi connectivity index (χ3n) is 3.26. The van der Waals surface area contributed by atoms with Gasteiger partial charge in [-0.2, -0.15) is 0 Å². The standard InChI is InChI=1S/C16H19F2NS/c1-3-12-7-8-13(20-12)10-19-11(2)9-14-15(17)5-4-6-16(14)18/h4-8,11,19H,3,9-10H2,1-2H3. The summed E-state index contributed by atoms with van der Waals surface area (Å²) in [6, 6.07) is 8.25. The number of aryl methyl sites for hydroxylation is 1. The van der Waals surface area contributed by atoms with Crippen LogP contribution in [0.4, 0.5) is 8.78 Å². The Bertz CT molecular complexity index is 545. The van der Waals surface area contributed by atoms with Crippen molar-refractivity contribution in [2.45, 2.75) is 39.3 Å². The van der Waals surface area contributed by atoms with Gasteiger partial charge >= 0.3 is 0 Å². The van der Waals surface area contributed by atoms with E-state index in [9.17, 15) is 8.78 Å². The van der Waals surface area contributed by atoms with E-state index in [0.29, 0.717) is 6.42 Å². The third-order valence-corrected chi connectivity index (χ3v) is 4.49. The molecule has 2 aromatic rings. The fourth-order valence-electron chi connectivity index (χ4n) is 2.09. The lowest BCUT2D eigenvalue weighted by Crippen LogP contribution is -2.28. The van der Waals surface area contributed by atoms with Crippen LogP contribution in [0.1, 0.15) is 29.2 Å². The van der Waals surface area contributed by atoms with E-state index in [-0.39, 0.29) is 11.6 Å². The van der Waals surface area contributed by atoms with E-state index in [1.807, 2.05) is 6.92 Å². The molecule has 0 radical (unpaired) electrons. The highest BCUT2D eigenvalue weighted by Crippen LogP contribution is 2.18. The van der Waals surface area contributed by atoms with E-state index in [1.165, 1.54) is 28.0 Å². The van der Waals surface area contributed by atoms with Gasteiger partial charge in [-0.05, 0) is 44.0 Å². The molecular weight excluding hydrogens is 276 g/mol. The number of rotatable bonds is 6. The van der Waals surface area contributed by atoms with Crippen molar-refractivity contribution in [2.75, 3.05) is 0 Å². The average Bonchev–Trinajstić information content (AvgIpc) is 2.89. The lowest BCUT2D eigenvalue weighted by molar-refractivity contribution is 0.501. The molecule has 1 aromatic carbocycles. The summed E-state index contributed by atoms with van der Waals surface area (Å²) in [5, 5.41) is 3.32. The molecule has 0 amide bonds. The molecule has 0 fully saturated rings. The van der Waals surface area contributed by atoms with Gasteiger partial charge in [0.2, 0.25) is 0 Å². The fraction of sp³-hybridized carbons (Fsp3) is 0.375. The van der Waals surface area contributed by atoms with Gasteiger partial charge in [0.1, 0.15) is 11.6 Å². The van der Waals surface area contributed by atoms with Crippen molar-refractivity contribution < 1.29 is 8.78 Å². The maximum absolute atomic E-state index is 13.6. The van der Waals surface area contributed by atoms with Crippen LogP contribution in [0.5, 0.6) is 0 Å². The monoisotopic (exact) mass is 295 g/mol. The van der Waals surface area contributed by atoms with Crippen molar-refractivity contribution in [3.05, 3.63) is 57.3 Å². The Morgan fingerprint density at radius 2 is 1.75 bits per heavy atom. The highest BCUT2D eigenvalue weighted by molar-refractivity contribution is 7.11. The van der Waals surface area contributed by atoms with Crippen LogP contribution in [0, 0.1) is 11.6 Å². The van der Waals surface area contributed by atoms with Gasteiger partial charge in [-0.25, -0.2) is 8.78 Å². The van der Waals surface area contributed by atoms with Gasteiger partial charge in [0.25, 0.3) is 0 Å². The minimum absolute atomic E-state index is 0.0218. The smallest absolute Gasteiger partial charge is 0.129 e. The van der Waals surface area contributed by atoms with Gasteiger partial charge < -0.3 is 5.32 Å². The third kappa shape index (κ3) is 3.87. The molecule has 1 aromatic heterocycles. The van der Waals surface area contributed by atoms with Crippen molar-refractivity contribution in [3.63, 3.8) is 0 Å². The summed E-state index contributed by atoms with van der Waals surface area (Å²) in [6.45, 7) is 4.81. The molecule has 108 valence electrons. The zero-order chi connectivity index (χ0) is 14.5. The van der Waals surface area contributed by atoms with Crippen molar-refractivity contribution >= 4 is 11.3 Å². The summed E-state index contributed by atoms with van der Waals surface area (Å²) >= 11 is 1.78. The van der Waals surface area contributed by atoms with Crippen molar-refractivity contribution in [1.29, 1.82) is 0 Å². The Hall–Kier alpha value is -1.26. The Morgan fingerprint density at radius 3 is 2.35 bits per heavy atom. The molecular formula is C16H19F2NS. The second-order valence-electron chi connectivity index (χ2n) is 4.91. The number of hydrogen-bond acceptors (Lipinski definition) is 2. The van der Waals surface area contributed by atoms with Crippen LogP contribution in [-0.2, 0) is 19.4 Å². The van der Waals surface area contributed by atoms with E-state index in [0.717, 1.165) is 13.0 Å². The van der Waals surface area contributed by atoms with Crippen LogP contribution in [0.3, 0.4) is 0 Å². The molecule has 0 aliphatic heterocycles. The number of nitrogens with one attached hydrogen (secondary N) is 1. The molecule has 0 aliphatic carbocycles. The van der Waals surface area contributed by atoms with E-state index >= 15 is 0 Å². The molecule has 0 saturated carbocycles. The van der Waals surface area contributed by atoms with E-state index in [4.69, 9.17) is 0 Å². The van der Waals surface area contributed by atoms with Crippen molar-refractivity contribution in [3.8, 4) is 0 Å². The minimum Gasteiger partial charge on any atom is -0.309 e. The normalized spacial score (nSPS) is 12.6. The predicted molar refractivity (Wildman–Crippen MR) is 80.1 cm³/mol. The molecule has 4 heteroatoms. The summed E-state index contributed by atoms with van der Waals surface area (Å²) < 4.78 is 27.1. The van der Waals surface area contributed by atoms with Crippen molar-refractivity contribution in [1.82, 2.24) is 5.32 Å². The highest BCUT2D eigenvalue weighted by atomic mass is 32.1.